The van der Waals surface area contributed by atoms with E-state index in [2.05, 4.69) is 5.43 Å². The molecule has 0 radical (unpaired) electrons. The van der Waals surface area contributed by atoms with E-state index in [-0.39, 0.29) is 46.9 Å². The van der Waals surface area contributed by atoms with Gasteiger partial charge in [-0.25, -0.2) is 4.39 Å². The molecule has 0 bridgehead atoms. The van der Waals surface area contributed by atoms with E-state index < -0.39 is 71.6 Å². The van der Waals surface area contributed by atoms with Crippen molar-refractivity contribution in [2.75, 3.05) is 24.5 Å². The Labute approximate surface area is 319 Å². The summed E-state index contributed by atoms with van der Waals surface area (Å²) in [5.74, 6) is -7.52. The maximum Gasteiger partial charge on any atom is 0.488 e. The number of nitrogens with zero attached hydrogens (tertiary/aromatic N) is 2. The van der Waals surface area contributed by atoms with E-state index >= 15 is 4.79 Å². The topological polar surface area (TPSA) is 166 Å². The van der Waals surface area contributed by atoms with Crippen molar-refractivity contribution in [1.29, 1.82) is 0 Å². The molecule has 2 aliphatic carbocycles. The molecule has 1 saturated carbocycles. The zero-order chi connectivity index (χ0) is 38.9. The first-order valence-corrected chi connectivity index (χ1v) is 17.9. The molecule has 4 aliphatic rings. The number of hydrazine groups is 1. The first-order valence-electron chi connectivity index (χ1n) is 17.6. The van der Waals surface area contributed by atoms with Gasteiger partial charge in [0, 0.05) is 10.9 Å². The number of phenolic OH excluding ortho intramolecular Hbond substituents is 1. The van der Waals surface area contributed by atoms with E-state index in [1.807, 2.05) is 6.08 Å². The van der Waals surface area contributed by atoms with Crippen LogP contribution in [0, 0.1) is 29.5 Å². The second-order valence-electron chi connectivity index (χ2n) is 14.1. The van der Waals surface area contributed by atoms with Crippen LogP contribution in [0.15, 0.2) is 96.6 Å². The summed E-state index contributed by atoms with van der Waals surface area (Å²) in [7, 11) is 0.899. The predicted octanol–water partition coefficient (Wildman–Crippen LogP) is 4.07. The number of allylic oxidation sites excluding steroid dienone is 2. The van der Waals surface area contributed by atoms with Crippen molar-refractivity contribution >= 4 is 59.2 Å². The predicted molar refractivity (Wildman–Crippen MR) is 199 cm³/mol. The molecule has 6 atom stereocenters. The SMILES string of the molecule is COc1cc(C2C3=CCC4C(=O)N(c5cccc(B(O)O)c5)C(=O)C4C3CC3C(=O)N(Nc4ccc(F)cc4)C(=O)C32c2ccc(Cl)cc2)cc(OC)c1O. The third-order valence-electron chi connectivity index (χ3n) is 11.5. The van der Waals surface area contributed by atoms with Gasteiger partial charge in [-0.1, -0.05) is 47.5 Å². The van der Waals surface area contributed by atoms with Crippen LogP contribution in [0.3, 0.4) is 0 Å². The number of anilines is 2. The Morgan fingerprint density at radius 1 is 0.873 bits per heavy atom. The molecule has 0 spiro atoms. The number of carbonyl (C=O) groups excluding carboxylic acids is 4. The number of aromatic hydroxyl groups is 1. The molecule has 15 heteroatoms. The van der Waals surface area contributed by atoms with E-state index in [0.29, 0.717) is 21.7 Å². The molecule has 4 aromatic rings. The van der Waals surface area contributed by atoms with Crippen molar-refractivity contribution in [3.63, 3.8) is 0 Å². The minimum absolute atomic E-state index is 0.00704. The molecule has 55 heavy (non-hydrogen) atoms. The first kappa shape index (κ1) is 36.3. The number of amides is 4. The fourth-order valence-electron chi connectivity index (χ4n) is 9.19. The van der Waals surface area contributed by atoms with Gasteiger partial charge in [-0.3, -0.25) is 29.5 Å². The van der Waals surface area contributed by atoms with Gasteiger partial charge in [0.15, 0.2) is 11.5 Å². The molecule has 4 N–H and O–H groups in total. The molecule has 2 saturated heterocycles. The maximum atomic E-state index is 15.4. The standard InChI is InChI=1S/C40H34BClFN3O9/c1-54-31-16-20(17-32(55-2)35(31)47)34-27-14-15-28-33(38(50)45(36(28)48)26-5-3-4-22(18-26)41(52)53)29(27)19-30-37(49)46(44-25-12-10-24(43)11-13-25)39(51)40(30,34)21-6-8-23(42)9-7-21/h3-14,16-18,28-30,33-34,44,47,52-53H,15,19H2,1-2H3. The smallest absolute Gasteiger partial charge is 0.488 e. The number of hydrogen-bond donors (Lipinski definition) is 4. The number of methoxy groups -OCH3 is 2. The summed E-state index contributed by atoms with van der Waals surface area (Å²) in [4.78, 5) is 60.0. The van der Waals surface area contributed by atoms with Crippen LogP contribution in [0.1, 0.15) is 29.9 Å². The fraction of sp³-hybridized carbons (Fsp3) is 0.250. The monoisotopic (exact) mass is 765 g/mol. The molecule has 0 aromatic heterocycles. The Morgan fingerprint density at radius 2 is 1.55 bits per heavy atom. The van der Waals surface area contributed by atoms with Crippen LogP contribution in [0.2, 0.25) is 5.02 Å². The zero-order valence-corrected chi connectivity index (χ0v) is 30.2. The van der Waals surface area contributed by atoms with Crippen LogP contribution >= 0.6 is 11.6 Å². The number of carbonyl (C=O) groups is 4. The summed E-state index contributed by atoms with van der Waals surface area (Å²) in [6.45, 7) is 0. The van der Waals surface area contributed by atoms with Gasteiger partial charge in [0.05, 0.1) is 48.8 Å². The van der Waals surface area contributed by atoms with Gasteiger partial charge in [-0.05, 0) is 96.0 Å². The first-order chi connectivity index (χ1) is 26.4. The van der Waals surface area contributed by atoms with Gasteiger partial charge in [0.25, 0.3) is 11.8 Å². The zero-order valence-electron chi connectivity index (χ0n) is 29.5. The number of fused-ring (bicyclic) bond motifs is 4. The van der Waals surface area contributed by atoms with Crippen LogP contribution in [0.5, 0.6) is 17.2 Å². The maximum absolute atomic E-state index is 15.4. The Kier molecular flexibility index (Phi) is 8.94. The van der Waals surface area contributed by atoms with Crippen LogP contribution in [-0.2, 0) is 24.6 Å². The van der Waals surface area contributed by atoms with Gasteiger partial charge in [0.1, 0.15) is 5.82 Å². The van der Waals surface area contributed by atoms with Crippen molar-refractivity contribution in [2.45, 2.75) is 24.2 Å². The number of ether oxygens (including phenoxy) is 2. The second-order valence-corrected chi connectivity index (χ2v) is 14.6. The summed E-state index contributed by atoms with van der Waals surface area (Å²) in [6, 6.07) is 20.8. The summed E-state index contributed by atoms with van der Waals surface area (Å²) < 4.78 is 25.0. The molecular formula is C40H34BClFN3O9. The van der Waals surface area contributed by atoms with Crippen molar-refractivity contribution in [3.05, 3.63) is 119 Å². The quantitative estimate of drug-likeness (QED) is 0.117. The average molecular weight is 766 g/mol. The second kappa shape index (κ2) is 13.6. The normalized spacial score (nSPS) is 25.6. The Balaban J connectivity index is 1.34. The largest absolute Gasteiger partial charge is 0.502 e. The molecule has 4 amide bonds. The highest BCUT2D eigenvalue weighted by atomic mass is 35.5. The lowest BCUT2D eigenvalue weighted by molar-refractivity contribution is -0.138. The molecule has 280 valence electrons. The fourth-order valence-corrected chi connectivity index (χ4v) is 9.32. The number of phenols is 1. The molecular weight excluding hydrogens is 732 g/mol. The molecule has 2 heterocycles. The molecule has 2 aliphatic heterocycles. The molecule has 6 unspecified atom stereocenters. The van der Waals surface area contributed by atoms with E-state index in [4.69, 9.17) is 21.1 Å². The average Bonchev–Trinajstić information content (AvgIpc) is 3.56. The Morgan fingerprint density at radius 3 is 2.18 bits per heavy atom. The number of benzene rings is 4. The van der Waals surface area contributed by atoms with Crippen LogP contribution in [0.25, 0.3) is 0 Å². The molecule has 12 nitrogen and oxygen atoms in total. The highest BCUT2D eigenvalue weighted by molar-refractivity contribution is 6.58. The van der Waals surface area contributed by atoms with E-state index in [1.165, 1.54) is 62.8 Å². The summed E-state index contributed by atoms with van der Waals surface area (Å²) in [5.41, 5.74) is 3.30. The van der Waals surface area contributed by atoms with Gasteiger partial charge in [0.2, 0.25) is 17.6 Å². The molecule has 8 rings (SSSR count). The molecule has 3 fully saturated rings. The number of rotatable bonds is 8. The van der Waals surface area contributed by atoms with E-state index in [0.717, 1.165) is 9.91 Å². The number of halogens is 2. The molecule has 4 aromatic carbocycles. The number of nitrogens with one attached hydrogen (secondary N) is 1. The van der Waals surface area contributed by atoms with Crippen LogP contribution < -0.4 is 25.3 Å². The van der Waals surface area contributed by atoms with Crippen molar-refractivity contribution in [1.82, 2.24) is 5.01 Å². The van der Waals surface area contributed by atoms with Crippen LogP contribution in [-0.4, -0.2) is 65.1 Å². The number of hydrogen-bond acceptors (Lipinski definition) is 10. The summed E-state index contributed by atoms with van der Waals surface area (Å²) in [5, 5.41) is 32.0. The highest BCUT2D eigenvalue weighted by Crippen LogP contribution is 2.65. The number of imide groups is 2. The Hall–Kier alpha value is -5.70. The third kappa shape index (κ3) is 5.49. The van der Waals surface area contributed by atoms with Gasteiger partial charge in [-0.2, -0.15) is 5.01 Å². The third-order valence-corrected chi connectivity index (χ3v) is 11.8. The van der Waals surface area contributed by atoms with Crippen molar-refractivity contribution < 1.29 is 48.2 Å². The van der Waals surface area contributed by atoms with Gasteiger partial charge >= 0.3 is 7.12 Å². The van der Waals surface area contributed by atoms with Gasteiger partial charge < -0.3 is 24.6 Å². The minimum atomic E-state index is -1.83. The lowest BCUT2D eigenvalue weighted by atomic mass is 9.49. The minimum Gasteiger partial charge on any atom is -0.502 e. The highest BCUT2D eigenvalue weighted by Gasteiger charge is 2.70. The Bertz CT molecular complexity index is 2260. The van der Waals surface area contributed by atoms with E-state index in [9.17, 15) is 33.9 Å². The van der Waals surface area contributed by atoms with E-state index in [1.54, 1.807) is 36.4 Å². The van der Waals surface area contributed by atoms with Crippen molar-refractivity contribution in [3.8, 4) is 17.2 Å². The van der Waals surface area contributed by atoms with Crippen LogP contribution in [0.4, 0.5) is 15.8 Å². The van der Waals surface area contributed by atoms with Gasteiger partial charge in [-0.15, -0.1) is 0 Å². The van der Waals surface area contributed by atoms with Crippen molar-refractivity contribution in [2.24, 2.45) is 23.7 Å². The lowest BCUT2D eigenvalue weighted by Gasteiger charge is -2.50. The lowest BCUT2D eigenvalue weighted by Crippen LogP contribution is -2.53. The summed E-state index contributed by atoms with van der Waals surface area (Å²) >= 11 is 6.37. The summed E-state index contributed by atoms with van der Waals surface area (Å²) in [6.07, 6.45) is 1.99.